The van der Waals surface area contributed by atoms with Crippen LogP contribution in [-0.4, -0.2) is 65.0 Å². The van der Waals surface area contributed by atoms with E-state index in [1.54, 1.807) is 6.20 Å². The molecule has 10 heteroatoms. The number of aromatic nitrogens is 3. The SMILES string of the molecule is CC.N#Cc1cnc(Nc2cc(NCC3CCNCC3)c(NC(=O)CCN3CCCCC3)cn2)cn1. The van der Waals surface area contributed by atoms with Gasteiger partial charge in [0, 0.05) is 25.6 Å². The van der Waals surface area contributed by atoms with Crippen molar-refractivity contribution in [2.75, 3.05) is 55.2 Å². The molecule has 2 aliphatic heterocycles. The fourth-order valence-corrected chi connectivity index (χ4v) is 4.35. The Balaban J connectivity index is 0.00000176. The number of anilines is 4. The van der Waals surface area contributed by atoms with E-state index in [0.29, 0.717) is 29.7 Å². The highest BCUT2D eigenvalue weighted by atomic mass is 16.1. The molecule has 0 radical (unpaired) electrons. The summed E-state index contributed by atoms with van der Waals surface area (Å²) in [5.74, 6) is 1.65. The number of carbonyl (C=O) groups excluding carboxylic acids is 1. The quantitative estimate of drug-likeness (QED) is 0.412. The summed E-state index contributed by atoms with van der Waals surface area (Å²) >= 11 is 0. The molecule has 2 aliphatic rings. The molecule has 0 unspecified atom stereocenters. The molecule has 0 aliphatic carbocycles. The van der Waals surface area contributed by atoms with Crippen LogP contribution in [0.15, 0.2) is 24.7 Å². The second kappa shape index (κ2) is 15.0. The lowest BCUT2D eigenvalue weighted by molar-refractivity contribution is -0.116. The lowest BCUT2D eigenvalue weighted by atomic mass is 9.98. The van der Waals surface area contributed by atoms with E-state index in [2.05, 4.69) is 41.1 Å². The van der Waals surface area contributed by atoms with Gasteiger partial charge in [-0.1, -0.05) is 20.3 Å². The number of hydrogen-bond acceptors (Lipinski definition) is 9. The summed E-state index contributed by atoms with van der Waals surface area (Å²) in [6.07, 6.45) is 11.0. The second-order valence-electron chi connectivity index (χ2n) is 8.91. The largest absolute Gasteiger partial charge is 0.383 e. The minimum Gasteiger partial charge on any atom is -0.383 e. The normalized spacial score (nSPS) is 16.2. The molecule has 0 bridgehead atoms. The van der Waals surface area contributed by atoms with Gasteiger partial charge in [0.15, 0.2) is 5.69 Å². The number of pyridine rings is 1. The van der Waals surface area contributed by atoms with Crippen molar-refractivity contribution in [3.8, 4) is 6.07 Å². The van der Waals surface area contributed by atoms with E-state index >= 15 is 0 Å². The van der Waals surface area contributed by atoms with Gasteiger partial charge in [-0.25, -0.2) is 15.0 Å². The Bertz CT molecular complexity index is 978. The average Bonchev–Trinajstić information content (AvgIpc) is 2.94. The van der Waals surface area contributed by atoms with Crippen molar-refractivity contribution < 1.29 is 4.79 Å². The summed E-state index contributed by atoms with van der Waals surface area (Å²) in [7, 11) is 0. The highest BCUT2D eigenvalue weighted by Gasteiger charge is 2.16. The number of carbonyl (C=O) groups is 1. The monoisotopic (exact) mass is 493 g/mol. The standard InChI is InChI=1S/C24H33N9O.C2H6/c25-13-19-15-29-23(17-27-19)32-22-12-20(28-14-18-4-7-26-8-5-18)21(16-30-22)31-24(34)6-11-33-9-2-1-3-10-33;1-2/h12,15-18,26H,1-11,14H2,(H,31,34)(H2,28,29,30,32);1-2H3. The fraction of sp³-hybridized carbons (Fsp3) is 0.577. The van der Waals surface area contributed by atoms with Crippen LogP contribution in [0.1, 0.15) is 58.1 Å². The topological polar surface area (TPSA) is 131 Å². The van der Waals surface area contributed by atoms with Crippen LogP contribution in [0.4, 0.5) is 23.0 Å². The Hall–Kier alpha value is -3.29. The first-order valence-electron chi connectivity index (χ1n) is 13.2. The second-order valence-corrected chi connectivity index (χ2v) is 8.91. The molecule has 1 amide bonds. The Labute approximate surface area is 214 Å². The van der Waals surface area contributed by atoms with Crippen LogP contribution in [0.5, 0.6) is 0 Å². The summed E-state index contributed by atoms with van der Waals surface area (Å²) in [5, 5.41) is 22.0. The molecule has 194 valence electrons. The van der Waals surface area contributed by atoms with Gasteiger partial charge in [-0.05, 0) is 57.8 Å². The Morgan fingerprint density at radius 1 is 1.06 bits per heavy atom. The molecule has 10 nitrogen and oxygen atoms in total. The third-order valence-electron chi connectivity index (χ3n) is 6.34. The van der Waals surface area contributed by atoms with Crippen LogP contribution in [-0.2, 0) is 4.79 Å². The minimum atomic E-state index is -0.00374. The molecule has 0 spiro atoms. The summed E-state index contributed by atoms with van der Waals surface area (Å²) in [6.45, 7) is 9.85. The van der Waals surface area contributed by atoms with E-state index in [-0.39, 0.29) is 11.6 Å². The molecular formula is C26H39N9O. The van der Waals surface area contributed by atoms with Crippen molar-refractivity contribution in [1.29, 1.82) is 5.26 Å². The summed E-state index contributed by atoms with van der Waals surface area (Å²) in [6, 6.07) is 3.83. The zero-order chi connectivity index (χ0) is 25.6. The first-order chi connectivity index (χ1) is 17.7. The van der Waals surface area contributed by atoms with E-state index in [1.807, 2.05) is 26.0 Å². The van der Waals surface area contributed by atoms with Crippen LogP contribution in [0.3, 0.4) is 0 Å². The number of likely N-dealkylation sites (tertiary alicyclic amines) is 1. The molecule has 4 heterocycles. The molecule has 0 saturated carbocycles. The molecule has 2 aromatic heterocycles. The number of hydrogen-bond donors (Lipinski definition) is 4. The van der Waals surface area contributed by atoms with E-state index < -0.39 is 0 Å². The summed E-state index contributed by atoms with van der Waals surface area (Å²) < 4.78 is 0. The molecule has 4 rings (SSSR count). The molecule has 2 aromatic rings. The Morgan fingerprint density at radius 2 is 1.81 bits per heavy atom. The lowest BCUT2D eigenvalue weighted by Gasteiger charge is -2.26. The van der Waals surface area contributed by atoms with Gasteiger partial charge >= 0.3 is 0 Å². The fourth-order valence-electron chi connectivity index (χ4n) is 4.35. The number of amides is 1. The maximum atomic E-state index is 12.7. The smallest absolute Gasteiger partial charge is 0.225 e. The van der Waals surface area contributed by atoms with Crippen molar-refractivity contribution in [2.24, 2.45) is 5.92 Å². The van der Waals surface area contributed by atoms with Gasteiger partial charge in [-0.2, -0.15) is 5.26 Å². The van der Waals surface area contributed by atoms with Crippen LogP contribution >= 0.6 is 0 Å². The predicted molar refractivity (Wildman–Crippen MR) is 143 cm³/mol. The molecule has 36 heavy (non-hydrogen) atoms. The third-order valence-corrected chi connectivity index (χ3v) is 6.34. The van der Waals surface area contributed by atoms with E-state index in [0.717, 1.165) is 57.8 Å². The number of nitrogens with zero attached hydrogens (tertiary/aromatic N) is 5. The lowest BCUT2D eigenvalue weighted by Crippen LogP contribution is -2.32. The molecule has 0 aromatic carbocycles. The first kappa shape index (κ1) is 27.3. The predicted octanol–water partition coefficient (Wildman–Crippen LogP) is 3.74. The van der Waals surface area contributed by atoms with Crippen molar-refractivity contribution in [1.82, 2.24) is 25.2 Å². The molecule has 4 N–H and O–H groups in total. The molecule has 0 atom stereocenters. The maximum Gasteiger partial charge on any atom is 0.225 e. The Kier molecular flexibility index (Phi) is 11.3. The van der Waals surface area contributed by atoms with Crippen molar-refractivity contribution in [3.05, 3.63) is 30.4 Å². The van der Waals surface area contributed by atoms with Crippen molar-refractivity contribution in [3.63, 3.8) is 0 Å². The highest BCUT2D eigenvalue weighted by molar-refractivity contribution is 5.94. The minimum absolute atomic E-state index is 0.00374. The van der Waals surface area contributed by atoms with Gasteiger partial charge < -0.3 is 26.2 Å². The van der Waals surface area contributed by atoms with Crippen molar-refractivity contribution >= 4 is 28.9 Å². The van der Waals surface area contributed by atoms with Crippen LogP contribution in [0.25, 0.3) is 0 Å². The van der Waals surface area contributed by atoms with E-state index in [4.69, 9.17) is 5.26 Å². The van der Waals surface area contributed by atoms with E-state index in [9.17, 15) is 4.79 Å². The summed E-state index contributed by atoms with van der Waals surface area (Å²) in [5.41, 5.74) is 1.75. The zero-order valence-electron chi connectivity index (χ0n) is 21.5. The molecule has 2 saturated heterocycles. The van der Waals surface area contributed by atoms with Crippen LogP contribution in [0, 0.1) is 17.2 Å². The van der Waals surface area contributed by atoms with Crippen LogP contribution < -0.4 is 21.3 Å². The first-order valence-corrected chi connectivity index (χ1v) is 13.2. The van der Waals surface area contributed by atoms with Gasteiger partial charge in [0.1, 0.15) is 17.7 Å². The number of nitriles is 1. The molecule has 2 fully saturated rings. The van der Waals surface area contributed by atoms with Crippen LogP contribution in [0.2, 0.25) is 0 Å². The van der Waals surface area contributed by atoms with Gasteiger partial charge in [0.05, 0.1) is 30.0 Å². The summed E-state index contributed by atoms with van der Waals surface area (Å²) in [4.78, 5) is 27.7. The van der Waals surface area contributed by atoms with Gasteiger partial charge in [0.2, 0.25) is 5.91 Å². The van der Waals surface area contributed by atoms with Gasteiger partial charge in [0.25, 0.3) is 0 Å². The number of rotatable bonds is 9. The van der Waals surface area contributed by atoms with E-state index in [1.165, 1.54) is 31.7 Å². The van der Waals surface area contributed by atoms with Crippen molar-refractivity contribution in [2.45, 2.75) is 52.4 Å². The Morgan fingerprint density at radius 3 is 2.50 bits per heavy atom. The van der Waals surface area contributed by atoms with Gasteiger partial charge in [-0.3, -0.25) is 4.79 Å². The maximum absolute atomic E-state index is 12.7. The van der Waals surface area contributed by atoms with Gasteiger partial charge in [-0.15, -0.1) is 0 Å². The molecular weight excluding hydrogens is 454 g/mol. The number of nitrogens with one attached hydrogen (secondary N) is 4. The third kappa shape index (κ3) is 8.73. The highest BCUT2D eigenvalue weighted by Crippen LogP contribution is 2.26. The number of piperidine rings is 2. The average molecular weight is 494 g/mol. The zero-order valence-corrected chi connectivity index (χ0v) is 21.5.